The summed E-state index contributed by atoms with van der Waals surface area (Å²) in [6, 6.07) is 4.35. The lowest BCUT2D eigenvalue weighted by molar-refractivity contribution is -0.385. The van der Waals surface area contributed by atoms with Gasteiger partial charge in [0, 0.05) is 31.5 Å². The fourth-order valence-electron chi connectivity index (χ4n) is 1.65. The SMILES string of the molecule is O=C(NCCn1ccnc1)c1cccc([N+](=O)[O-])c1Br. The first-order chi connectivity index (χ1) is 9.59. The number of carbonyl (C=O) groups is 1. The van der Waals surface area contributed by atoms with Crippen LogP contribution in [0.15, 0.2) is 41.4 Å². The minimum atomic E-state index is -0.535. The molecule has 0 spiro atoms. The molecule has 0 aliphatic carbocycles. The maximum Gasteiger partial charge on any atom is 0.284 e. The number of nitro groups is 1. The number of nitrogens with one attached hydrogen (secondary N) is 1. The lowest BCUT2D eigenvalue weighted by Crippen LogP contribution is -2.27. The highest BCUT2D eigenvalue weighted by Crippen LogP contribution is 2.28. The Morgan fingerprint density at radius 3 is 2.95 bits per heavy atom. The summed E-state index contributed by atoms with van der Waals surface area (Å²) in [5, 5.41) is 13.5. The molecule has 0 bridgehead atoms. The number of hydrogen-bond acceptors (Lipinski definition) is 4. The molecule has 104 valence electrons. The molecular formula is C12H11BrN4O3. The number of rotatable bonds is 5. The standard InChI is InChI=1S/C12H11BrN4O3/c13-11-9(2-1-3-10(11)17(19)20)12(18)15-5-7-16-6-4-14-8-16/h1-4,6,8H,5,7H2,(H,15,18). The average Bonchev–Trinajstić information content (AvgIpc) is 2.91. The highest BCUT2D eigenvalue weighted by atomic mass is 79.9. The van der Waals surface area contributed by atoms with E-state index in [1.807, 2.05) is 4.57 Å². The van der Waals surface area contributed by atoms with Crippen LogP contribution in [0.25, 0.3) is 0 Å². The van der Waals surface area contributed by atoms with Gasteiger partial charge in [-0.15, -0.1) is 0 Å². The van der Waals surface area contributed by atoms with Crippen LogP contribution in [0.5, 0.6) is 0 Å². The molecule has 0 aliphatic rings. The monoisotopic (exact) mass is 338 g/mol. The third kappa shape index (κ3) is 3.21. The van der Waals surface area contributed by atoms with Crippen molar-refractivity contribution >= 4 is 27.5 Å². The van der Waals surface area contributed by atoms with Gasteiger partial charge >= 0.3 is 0 Å². The molecule has 0 saturated heterocycles. The minimum Gasteiger partial charge on any atom is -0.350 e. The molecule has 2 rings (SSSR count). The molecule has 1 N–H and O–H groups in total. The largest absolute Gasteiger partial charge is 0.350 e. The molecule has 1 aromatic heterocycles. The zero-order valence-corrected chi connectivity index (χ0v) is 11.9. The van der Waals surface area contributed by atoms with E-state index in [9.17, 15) is 14.9 Å². The molecule has 1 heterocycles. The summed E-state index contributed by atoms with van der Waals surface area (Å²) < 4.78 is 2.01. The molecule has 0 aliphatic heterocycles. The molecule has 1 amide bonds. The van der Waals surface area contributed by atoms with E-state index in [1.165, 1.54) is 18.2 Å². The summed E-state index contributed by atoms with van der Waals surface area (Å²) in [6.45, 7) is 0.989. The van der Waals surface area contributed by atoms with Gasteiger partial charge in [0.1, 0.15) is 4.47 Å². The number of nitro benzene ring substituents is 1. The Hall–Kier alpha value is -2.22. The highest BCUT2D eigenvalue weighted by Gasteiger charge is 2.18. The van der Waals surface area contributed by atoms with Crippen LogP contribution in [0.2, 0.25) is 0 Å². The molecule has 1 aromatic carbocycles. The summed E-state index contributed by atoms with van der Waals surface area (Å²) in [6.07, 6.45) is 5.09. The van der Waals surface area contributed by atoms with Crippen molar-refractivity contribution < 1.29 is 9.72 Å². The number of imidazole rings is 1. The number of nitrogens with zero attached hydrogens (tertiary/aromatic N) is 3. The molecule has 0 saturated carbocycles. The van der Waals surface area contributed by atoms with Crippen molar-refractivity contribution in [3.8, 4) is 0 Å². The number of halogens is 1. The lowest BCUT2D eigenvalue weighted by atomic mass is 10.2. The van der Waals surface area contributed by atoms with Crippen LogP contribution in [0.4, 0.5) is 5.69 Å². The van der Waals surface area contributed by atoms with Crippen molar-refractivity contribution in [3.05, 3.63) is 57.1 Å². The highest BCUT2D eigenvalue weighted by molar-refractivity contribution is 9.10. The minimum absolute atomic E-state index is 0.132. The van der Waals surface area contributed by atoms with Crippen LogP contribution in [0, 0.1) is 10.1 Å². The Kier molecular flexibility index (Phi) is 4.46. The Morgan fingerprint density at radius 2 is 2.30 bits per heavy atom. The Balaban J connectivity index is 2.02. The smallest absolute Gasteiger partial charge is 0.284 e. The lowest BCUT2D eigenvalue weighted by Gasteiger charge is -2.07. The number of carbonyl (C=O) groups excluding carboxylic acids is 1. The van der Waals surface area contributed by atoms with Crippen molar-refractivity contribution in [2.24, 2.45) is 0 Å². The first kappa shape index (κ1) is 14.2. The fourth-order valence-corrected chi connectivity index (χ4v) is 2.24. The van der Waals surface area contributed by atoms with E-state index in [0.717, 1.165) is 0 Å². The second-order valence-corrected chi connectivity index (χ2v) is 4.75. The summed E-state index contributed by atoms with van der Waals surface area (Å²) in [7, 11) is 0. The van der Waals surface area contributed by atoms with Gasteiger partial charge < -0.3 is 9.88 Å². The van der Waals surface area contributed by atoms with Gasteiger partial charge in [-0.25, -0.2) is 4.98 Å². The van der Waals surface area contributed by atoms with E-state index >= 15 is 0 Å². The van der Waals surface area contributed by atoms with Gasteiger partial charge in [-0.1, -0.05) is 6.07 Å². The summed E-state index contributed by atoms with van der Waals surface area (Å²) in [5.41, 5.74) is 0.108. The quantitative estimate of drug-likeness (QED) is 0.666. The number of hydrogen-bond donors (Lipinski definition) is 1. The van der Waals surface area contributed by atoms with Crippen LogP contribution in [-0.2, 0) is 6.54 Å². The van der Waals surface area contributed by atoms with Gasteiger partial charge in [0.15, 0.2) is 0 Å². The van der Waals surface area contributed by atoms with Crippen LogP contribution in [0.1, 0.15) is 10.4 Å². The molecule has 20 heavy (non-hydrogen) atoms. The molecule has 7 nitrogen and oxygen atoms in total. The summed E-state index contributed by atoms with van der Waals surface area (Å²) in [5.74, 6) is -0.360. The van der Waals surface area contributed by atoms with Crippen molar-refractivity contribution in [2.45, 2.75) is 6.54 Å². The van der Waals surface area contributed by atoms with Gasteiger partial charge in [0.2, 0.25) is 0 Å². The zero-order valence-electron chi connectivity index (χ0n) is 10.3. The average molecular weight is 339 g/mol. The van der Waals surface area contributed by atoms with E-state index in [0.29, 0.717) is 13.1 Å². The van der Waals surface area contributed by atoms with E-state index in [2.05, 4.69) is 26.2 Å². The van der Waals surface area contributed by atoms with Gasteiger partial charge in [-0.3, -0.25) is 14.9 Å². The molecule has 2 aromatic rings. The van der Waals surface area contributed by atoms with Gasteiger partial charge in [0.25, 0.3) is 11.6 Å². The second kappa shape index (κ2) is 6.29. The van der Waals surface area contributed by atoms with Crippen molar-refractivity contribution in [1.82, 2.24) is 14.9 Å². The molecule has 8 heteroatoms. The van der Waals surface area contributed by atoms with Crippen molar-refractivity contribution in [3.63, 3.8) is 0 Å². The van der Waals surface area contributed by atoms with E-state index in [1.54, 1.807) is 18.7 Å². The predicted octanol–water partition coefficient (Wildman–Crippen LogP) is 1.98. The zero-order chi connectivity index (χ0) is 14.5. The Labute approximate surface area is 122 Å². The Bertz CT molecular complexity index is 628. The van der Waals surface area contributed by atoms with Gasteiger partial charge in [-0.05, 0) is 22.0 Å². The summed E-state index contributed by atoms with van der Waals surface area (Å²) >= 11 is 3.10. The molecule has 0 radical (unpaired) electrons. The van der Waals surface area contributed by atoms with E-state index < -0.39 is 4.92 Å². The first-order valence-corrected chi connectivity index (χ1v) is 6.55. The topological polar surface area (TPSA) is 90.1 Å². The van der Waals surface area contributed by atoms with Gasteiger partial charge in [-0.2, -0.15) is 0 Å². The molecule has 0 fully saturated rings. The van der Waals surface area contributed by atoms with Crippen LogP contribution < -0.4 is 5.32 Å². The van der Waals surface area contributed by atoms with Crippen LogP contribution >= 0.6 is 15.9 Å². The first-order valence-electron chi connectivity index (χ1n) is 5.76. The predicted molar refractivity (Wildman–Crippen MR) is 75.4 cm³/mol. The van der Waals surface area contributed by atoms with Crippen LogP contribution in [0.3, 0.4) is 0 Å². The van der Waals surface area contributed by atoms with Gasteiger partial charge in [0.05, 0.1) is 16.8 Å². The maximum atomic E-state index is 12.0. The normalized spacial score (nSPS) is 10.2. The van der Waals surface area contributed by atoms with E-state index in [-0.39, 0.29) is 21.6 Å². The second-order valence-electron chi connectivity index (χ2n) is 3.95. The molecule has 0 unspecified atom stereocenters. The molecule has 0 atom stereocenters. The maximum absolute atomic E-state index is 12.0. The third-order valence-corrected chi connectivity index (χ3v) is 3.47. The van der Waals surface area contributed by atoms with Crippen LogP contribution in [-0.4, -0.2) is 26.9 Å². The number of aromatic nitrogens is 2. The third-order valence-electron chi connectivity index (χ3n) is 2.63. The van der Waals surface area contributed by atoms with Crippen molar-refractivity contribution in [1.29, 1.82) is 0 Å². The number of amides is 1. The summed E-state index contributed by atoms with van der Waals surface area (Å²) in [4.78, 5) is 26.1. The van der Waals surface area contributed by atoms with E-state index in [4.69, 9.17) is 0 Å². The molecular weight excluding hydrogens is 328 g/mol. The fraction of sp³-hybridized carbons (Fsp3) is 0.167. The number of benzene rings is 1. The van der Waals surface area contributed by atoms with Crippen molar-refractivity contribution in [2.75, 3.05) is 6.54 Å². The Morgan fingerprint density at radius 1 is 1.50 bits per heavy atom.